The summed E-state index contributed by atoms with van der Waals surface area (Å²) in [5.74, 6) is -1.51. The Kier molecular flexibility index (Phi) is 27.9. The van der Waals surface area contributed by atoms with Crippen molar-refractivity contribution in [3.05, 3.63) is 48.6 Å². The standard InChI is InChI=1S/C38H65NO7/c1-6-8-10-12-14-15-16-17-18-19-20-21-23-24-26-28-36(40)45-33-34(32-44-31-30-35(38(42)43)39(3,4)5)46-37(41)29-27-25-22-13-11-9-7-2/h8,10,12,14-18,34-35H,6-7,9,11,13,19-33H2,1-5H3/p+1/b10-8+,14-12+,16-15+,18-17+. The molecule has 1 N–H and O–H groups in total. The molecule has 0 fully saturated rings. The molecule has 0 radical (unpaired) electrons. The van der Waals surface area contributed by atoms with E-state index in [0.717, 1.165) is 64.2 Å². The van der Waals surface area contributed by atoms with E-state index in [-0.39, 0.29) is 36.2 Å². The van der Waals surface area contributed by atoms with Gasteiger partial charge in [-0.1, -0.05) is 120 Å². The lowest BCUT2D eigenvalue weighted by atomic mass is 10.1. The number of hydrogen-bond acceptors (Lipinski definition) is 6. The van der Waals surface area contributed by atoms with Gasteiger partial charge in [0.15, 0.2) is 12.1 Å². The number of ether oxygens (including phenoxy) is 3. The van der Waals surface area contributed by atoms with Crippen LogP contribution in [-0.4, -0.2) is 80.6 Å². The molecule has 8 heteroatoms. The summed E-state index contributed by atoms with van der Waals surface area (Å²) in [6.07, 6.45) is 31.6. The normalized spacial score (nSPS) is 13.7. The molecule has 2 atom stereocenters. The number of quaternary nitrogens is 1. The fourth-order valence-corrected chi connectivity index (χ4v) is 4.81. The second-order valence-electron chi connectivity index (χ2n) is 12.8. The SMILES string of the molecule is CC/C=C/C=C/C=C/C=C/CCCCCCCC(=O)OCC(COCCC(C(=O)O)[N+](C)(C)C)OC(=O)CCCCCCCCC. The number of carboxylic acids is 1. The zero-order valence-electron chi connectivity index (χ0n) is 29.8. The number of esters is 2. The number of carbonyl (C=O) groups is 3. The van der Waals surface area contributed by atoms with E-state index < -0.39 is 18.1 Å². The summed E-state index contributed by atoms with van der Waals surface area (Å²) >= 11 is 0. The van der Waals surface area contributed by atoms with Crippen molar-refractivity contribution in [2.45, 2.75) is 135 Å². The van der Waals surface area contributed by atoms with E-state index in [9.17, 15) is 19.5 Å². The molecule has 0 aromatic carbocycles. The lowest BCUT2D eigenvalue weighted by Gasteiger charge is -2.31. The number of rotatable bonds is 30. The van der Waals surface area contributed by atoms with E-state index in [1.54, 1.807) is 0 Å². The minimum Gasteiger partial charge on any atom is -0.477 e. The topological polar surface area (TPSA) is 99.1 Å². The molecular weight excluding hydrogens is 582 g/mol. The molecule has 0 saturated carbocycles. The number of carboxylic acid groups (broad SMARTS) is 1. The zero-order chi connectivity index (χ0) is 34.3. The highest BCUT2D eigenvalue weighted by Crippen LogP contribution is 2.12. The third-order valence-electron chi connectivity index (χ3n) is 7.59. The lowest BCUT2D eigenvalue weighted by molar-refractivity contribution is -0.887. The Bertz CT molecular complexity index is 901. The van der Waals surface area contributed by atoms with Gasteiger partial charge in [0.25, 0.3) is 0 Å². The fourth-order valence-electron chi connectivity index (χ4n) is 4.81. The highest BCUT2D eigenvalue weighted by atomic mass is 16.6. The fraction of sp³-hybridized carbons (Fsp3) is 0.711. The Balaban J connectivity index is 4.44. The summed E-state index contributed by atoms with van der Waals surface area (Å²) in [6.45, 7) is 4.50. The van der Waals surface area contributed by atoms with Crippen molar-refractivity contribution in [3.8, 4) is 0 Å². The smallest absolute Gasteiger partial charge is 0.362 e. The third kappa shape index (κ3) is 27.6. The molecule has 8 nitrogen and oxygen atoms in total. The van der Waals surface area contributed by atoms with Crippen LogP contribution in [0.2, 0.25) is 0 Å². The maximum atomic E-state index is 12.5. The van der Waals surface area contributed by atoms with Crippen LogP contribution in [0.25, 0.3) is 0 Å². The molecule has 264 valence electrons. The first kappa shape index (κ1) is 43.3. The molecule has 0 heterocycles. The van der Waals surface area contributed by atoms with E-state index >= 15 is 0 Å². The maximum Gasteiger partial charge on any atom is 0.362 e. The van der Waals surface area contributed by atoms with E-state index in [1.807, 2.05) is 51.5 Å². The summed E-state index contributed by atoms with van der Waals surface area (Å²) in [5, 5.41) is 9.54. The number of aliphatic carboxylic acids is 1. The molecule has 0 amide bonds. The maximum absolute atomic E-state index is 12.5. The van der Waals surface area contributed by atoms with E-state index in [4.69, 9.17) is 14.2 Å². The van der Waals surface area contributed by atoms with E-state index in [0.29, 0.717) is 19.3 Å². The monoisotopic (exact) mass is 648 g/mol. The first-order valence-corrected chi connectivity index (χ1v) is 17.7. The summed E-state index contributed by atoms with van der Waals surface area (Å²) in [7, 11) is 5.49. The predicted molar refractivity (Wildman–Crippen MR) is 188 cm³/mol. The molecule has 0 aliphatic carbocycles. The van der Waals surface area contributed by atoms with Gasteiger partial charge < -0.3 is 23.8 Å². The summed E-state index contributed by atoms with van der Waals surface area (Å²) in [6, 6.07) is -0.615. The average Bonchev–Trinajstić information content (AvgIpc) is 3.00. The Hall–Kier alpha value is -2.71. The van der Waals surface area contributed by atoms with Gasteiger partial charge >= 0.3 is 17.9 Å². The third-order valence-corrected chi connectivity index (χ3v) is 7.59. The minimum absolute atomic E-state index is 0.0523. The zero-order valence-corrected chi connectivity index (χ0v) is 29.8. The molecule has 0 aromatic heterocycles. The van der Waals surface area contributed by atoms with Gasteiger partial charge in [-0.2, -0.15) is 0 Å². The number of nitrogens with zero attached hydrogens (tertiary/aromatic N) is 1. The molecule has 0 saturated heterocycles. The van der Waals surface area contributed by atoms with Crippen molar-refractivity contribution in [1.29, 1.82) is 0 Å². The number of likely N-dealkylation sites (N-methyl/N-ethyl adjacent to an activating group) is 1. The van der Waals surface area contributed by atoms with Crippen molar-refractivity contribution in [2.24, 2.45) is 0 Å². The van der Waals surface area contributed by atoms with Crippen LogP contribution in [0.4, 0.5) is 0 Å². The van der Waals surface area contributed by atoms with Gasteiger partial charge in [0.05, 0.1) is 34.4 Å². The van der Waals surface area contributed by atoms with Crippen molar-refractivity contribution in [1.82, 2.24) is 0 Å². The molecule has 0 rings (SSSR count). The molecule has 0 bridgehead atoms. The number of unbranched alkanes of at least 4 members (excludes halogenated alkanes) is 11. The summed E-state index contributed by atoms with van der Waals surface area (Å²) in [5.41, 5.74) is 0. The number of carbonyl (C=O) groups excluding carboxylic acids is 2. The number of hydrogen-bond donors (Lipinski definition) is 1. The minimum atomic E-state index is -0.883. The molecule has 2 unspecified atom stereocenters. The van der Waals surface area contributed by atoms with Crippen LogP contribution in [0.3, 0.4) is 0 Å². The second-order valence-corrected chi connectivity index (χ2v) is 12.8. The van der Waals surface area contributed by atoms with Gasteiger partial charge in [-0.15, -0.1) is 0 Å². The van der Waals surface area contributed by atoms with Crippen LogP contribution in [0.1, 0.15) is 123 Å². The molecule has 0 aliphatic rings. The Morgan fingerprint density at radius 2 is 1.22 bits per heavy atom. The molecule has 46 heavy (non-hydrogen) atoms. The van der Waals surface area contributed by atoms with Crippen LogP contribution in [0.5, 0.6) is 0 Å². The van der Waals surface area contributed by atoms with Crippen molar-refractivity contribution in [3.63, 3.8) is 0 Å². The molecule has 0 aliphatic heterocycles. The summed E-state index contributed by atoms with van der Waals surface area (Å²) in [4.78, 5) is 36.5. The van der Waals surface area contributed by atoms with Crippen molar-refractivity contribution in [2.75, 3.05) is 41.0 Å². The van der Waals surface area contributed by atoms with Gasteiger partial charge in [-0.05, 0) is 32.1 Å². The highest BCUT2D eigenvalue weighted by Gasteiger charge is 2.31. The molecular formula is C38H66NO7+. The average molecular weight is 649 g/mol. The van der Waals surface area contributed by atoms with Gasteiger partial charge in [0.1, 0.15) is 6.61 Å². The Morgan fingerprint density at radius 3 is 1.80 bits per heavy atom. The van der Waals surface area contributed by atoms with Crippen molar-refractivity contribution >= 4 is 17.9 Å². The summed E-state index contributed by atoms with van der Waals surface area (Å²) < 4.78 is 17.1. The van der Waals surface area contributed by atoms with Crippen LogP contribution >= 0.6 is 0 Å². The van der Waals surface area contributed by atoms with E-state index in [2.05, 4.69) is 32.1 Å². The Labute approximate surface area is 280 Å². The molecule has 0 aromatic rings. The van der Waals surface area contributed by atoms with Gasteiger partial charge in [-0.25, -0.2) is 4.79 Å². The second kappa shape index (κ2) is 29.7. The van der Waals surface area contributed by atoms with E-state index in [1.165, 1.54) is 25.7 Å². The van der Waals surface area contributed by atoms with Crippen LogP contribution < -0.4 is 0 Å². The quantitative estimate of drug-likeness (QED) is 0.0361. The van der Waals surface area contributed by atoms with Crippen LogP contribution in [0, 0.1) is 0 Å². The van der Waals surface area contributed by atoms with Gasteiger partial charge in [-0.3, -0.25) is 9.59 Å². The highest BCUT2D eigenvalue weighted by molar-refractivity contribution is 5.72. The lowest BCUT2D eigenvalue weighted by Crippen LogP contribution is -2.50. The largest absolute Gasteiger partial charge is 0.477 e. The molecule has 0 spiro atoms. The van der Waals surface area contributed by atoms with Gasteiger partial charge in [0, 0.05) is 19.3 Å². The van der Waals surface area contributed by atoms with Crippen LogP contribution in [0.15, 0.2) is 48.6 Å². The Morgan fingerprint density at radius 1 is 0.674 bits per heavy atom. The predicted octanol–water partition coefficient (Wildman–Crippen LogP) is 8.51. The van der Waals surface area contributed by atoms with Crippen molar-refractivity contribution < 1.29 is 38.2 Å². The first-order chi connectivity index (χ1) is 22.1. The van der Waals surface area contributed by atoms with Crippen LogP contribution in [-0.2, 0) is 28.6 Å². The number of allylic oxidation sites excluding steroid dienone is 8. The van der Waals surface area contributed by atoms with Gasteiger partial charge in [0.2, 0.25) is 0 Å². The first-order valence-electron chi connectivity index (χ1n) is 17.7.